The van der Waals surface area contributed by atoms with Crippen LogP contribution in [0.25, 0.3) is 5.69 Å². The molecule has 1 aliphatic heterocycles. The van der Waals surface area contributed by atoms with Gasteiger partial charge in [-0.15, -0.1) is 0 Å². The van der Waals surface area contributed by atoms with Gasteiger partial charge in [0, 0.05) is 36.2 Å². The third-order valence-corrected chi connectivity index (χ3v) is 5.22. The maximum absolute atomic E-state index is 13.4. The normalized spacial score (nSPS) is 15.6. The van der Waals surface area contributed by atoms with Crippen molar-refractivity contribution in [3.05, 3.63) is 77.4 Å². The van der Waals surface area contributed by atoms with Crippen molar-refractivity contribution < 1.29 is 18.7 Å². The lowest BCUT2D eigenvalue weighted by atomic mass is 10.1. The molecule has 2 N–H and O–H groups in total. The monoisotopic (exact) mass is 422 g/mol. The van der Waals surface area contributed by atoms with E-state index in [1.165, 1.54) is 12.1 Å². The van der Waals surface area contributed by atoms with Crippen molar-refractivity contribution in [1.29, 1.82) is 0 Å². The first kappa shape index (κ1) is 20.7. The standard InChI is InChI=1S/C23H23FN4O3/c1-15-19(7-3-8-20(15)27-23(30)21-9-4-10-31-21)22(29)25-12-16-13-26-28(14-16)18-6-2-5-17(24)11-18/h2-3,5-8,11,13-14,21H,4,9-10,12H2,1H3,(H,25,29)(H,27,30)/t21-/m1/s1. The number of ether oxygens (including phenoxy) is 1. The van der Waals surface area contributed by atoms with Gasteiger partial charge in [0.05, 0.1) is 11.9 Å². The van der Waals surface area contributed by atoms with Crippen molar-refractivity contribution in [1.82, 2.24) is 15.1 Å². The van der Waals surface area contributed by atoms with E-state index in [1.807, 2.05) is 0 Å². The largest absolute Gasteiger partial charge is 0.368 e. The van der Waals surface area contributed by atoms with Gasteiger partial charge in [-0.2, -0.15) is 5.10 Å². The second-order valence-electron chi connectivity index (χ2n) is 7.42. The summed E-state index contributed by atoms with van der Waals surface area (Å²) < 4.78 is 20.4. The number of anilines is 1. The predicted molar refractivity (Wildman–Crippen MR) is 113 cm³/mol. The van der Waals surface area contributed by atoms with Gasteiger partial charge in [-0.05, 0) is 55.7 Å². The maximum atomic E-state index is 13.4. The molecular formula is C23H23FN4O3. The number of halogens is 1. The molecule has 1 fully saturated rings. The van der Waals surface area contributed by atoms with Gasteiger partial charge in [-0.25, -0.2) is 9.07 Å². The molecule has 0 radical (unpaired) electrons. The predicted octanol–water partition coefficient (Wildman–Crippen LogP) is 3.37. The highest BCUT2D eigenvalue weighted by Crippen LogP contribution is 2.21. The van der Waals surface area contributed by atoms with Crippen LogP contribution in [0.2, 0.25) is 0 Å². The number of aromatic nitrogens is 2. The van der Waals surface area contributed by atoms with Crippen molar-refractivity contribution in [2.24, 2.45) is 0 Å². The molecule has 3 aromatic rings. The van der Waals surface area contributed by atoms with Crippen LogP contribution in [-0.2, 0) is 16.1 Å². The molecule has 2 amide bonds. The summed E-state index contributed by atoms with van der Waals surface area (Å²) in [6, 6.07) is 11.3. The van der Waals surface area contributed by atoms with Gasteiger partial charge in [0.1, 0.15) is 11.9 Å². The molecular weight excluding hydrogens is 399 g/mol. The Morgan fingerprint density at radius 2 is 2.10 bits per heavy atom. The number of carbonyl (C=O) groups excluding carboxylic acids is 2. The Morgan fingerprint density at radius 1 is 1.26 bits per heavy atom. The minimum absolute atomic E-state index is 0.192. The van der Waals surface area contributed by atoms with Crippen LogP contribution >= 0.6 is 0 Å². The van der Waals surface area contributed by atoms with Gasteiger partial charge in [-0.3, -0.25) is 9.59 Å². The second-order valence-corrected chi connectivity index (χ2v) is 7.42. The highest BCUT2D eigenvalue weighted by Gasteiger charge is 2.24. The third kappa shape index (κ3) is 4.80. The van der Waals surface area contributed by atoms with Crippen molar-refractivity contribution in [3.8, 4) is 5.69 Å². The van der Waals surface area contributed by atoms with E-state index in [9.17, 15) is 14.0 Å². The molecule has 2 aromatic carbocycles. The molecule has 4 rings (SSSR count). The van der Waals surface area contributed by atoms with Crippen LogP contribution in [0.3, 0.4) is 0 Å². The van der Waals surface area contributed by atoms with Crippen LogP contribution in [0.4, 0.5) is 10.1 Å². The average Bonchev–Trinajstić information content (AvgIpc) is 3.46. The Labute approximate surface area is 179 Å². The van der Waals surface area contributed by atoms with Gasteiger partial charge in [-0.1, -0.05) is 12.1 Å². The molecule has 0 aliphatic carbocycles. The fourth-order valence-electron chi connectivity index (χ4n) is 3.50. The first-order valence-electron chi connectivity index (χ1n) is 10.1. The molecule has 1 saturated heterocycles. The molecule has 0 unspecified atom stereocenters. The zero-order valence-electron chi connectivity index (χ0n) is 17.1. The van der Waals surface area contributed by atoms with E-state index < -0.39 is 6.10 Å². The van der Waals surface area contributed by atoms with Gasteiger partial charge < -0.3 is 15.4 Å². The van der Waals surface area contributed by atoms with E-state index in [4.69, 9.17) is 4.74 Å². The summed E-state index contributed by atoms with van der Waals surface area (Å²) in [4.78, 5) is 25.1. The highest BCUT2D eigenvalue weighted by molar-refractivity contribution is 6.00. The number of amides is 2. The first-order valence-corrected chi connectivity index (χ1v) is 10.1. The molecule has 1 atom stereocenters. The number of nitrogens with one attached hydrogen (secondary N) is 2. The molecule has 160 valence electrons. The number of rotatable bonds is 6. The van der Waals surface area contributed by atoms with E-state index >= 15 is 0 Å². The first-order chi connectivity index (χ1) is 15.0. The molecule has 2 heterocycles. The maximum Gasteiger partial charge on any atom is 0.253 e. The third-order valence-electron chi connectivity index (χ3n) is 5.22. The van der Waals surface area contributed by atoms with Gasteiger partial charge >= 0.3 is 0 Å². The van der Waals surface area contributed by atoms with Gasteiger partial charge in [0.15, 0.2) is 0 Å². The lowest BCUT2D eigenvalue weighted by molar-refractivity contribution is -0.124. The second kappa shape index (κ2) is 9.09. The lowest BCUT2D eigenvalue weighted by Crippen LogP contribution is -2.28. The minimum atomic E-state index is -0.438. The zero-order valence-corrected chi connectivity index (χ0v) is 17.1. The SMILES string of the molecule is Cc1c(NC(=O)[C@H]2CCCO2)cccc1C(=O)NCc1cnn(-c2cccc(F)c2)c1. The molecule has 1 aromatic heterocycles. The van der Waals surface area contributed by atoms with Crippen LogP contribution in [-0.4, -0.2) is 34.3 Å². The molecule has 31 heavy (non-hydrogen) atoms. The summed E-state index contributed by atoms with van der Waals surface area (Å²) >= 11 is 0. The number of hydrogen-bond donors (Lipinski definition) is 2. The number of nitrogens with zero attached hydrogens (tertiary/aromatic N) is 2. The summed E-state index contributed by atoms with van der Waals surface area (Å²) in [5.41, 5.74) is 3.12. The van der Waals surface area contributed by atoms with E-state index in [0.29, 0.717) is 35.5 Å². The van der Waals surface area contributed by atoms with E-state index in [1.54, 1.807) is 54.3 Å². The summed E-state index contributed by atoms with van der Waals surface area (Å²) in [7, 11) is 0. The molecule has 0 saturated carbocycles. The lowest BCUT2D eigenvalue weighted by Gasteiger charge is -2.14. The fraction of sp³-hybridized carbons (Fsp3) is 0.261. The molecule has 7 nitrogen and oxygen atoms in total. The molecule has 0 spiro atoms. The Morgan fingerprint density at radius 3 is 2.87 bits per heavy atom. The summed E-state index contributed by atoms with van der Waals surface area (Å²) in [5, 5.41) is 9.94. The Hall–Kier alpha value is -3.52. The Bertz CT molecular complexity index is 1110. The van der Waals surface area contributed by atoms with E-state index in [-0.39, 0.29) is 24.2 Å². The average molecular weight is 422 g/mol. The fourth-order valence-corrected chi connectivity index (χ4v) is 3.50. The van der Waals surface area contributed by atoms with Gasteiger partial charge in [0.2, 0.25) is 0 Å². The van der Waals surface area contributed by atoms with Gasteiger partial charge in [0.25, 0.3) is 11.8 Å². The highest BCUT2D eigenvalue weighted by atomic mass is 19.1. The number of hydrogen-bond acceptors (Lipinski definition) is 4. The van der Waals surface area contributed by atoms with E-state index in [2.05, 4.69) is 15.7 Å². The Kier molecular flexibility index (Phi) is 6.08. The van der Waals surface area contributed by atoms with Crippen LogP contribution < -0.4 is 10.6 Å². The minimum Gasteiger partial charge on any atom is -0.368 e. The summed E-state index contributed by atoms with van der Waals surface area (Å²) in [6.07, 6.45) is 4.49. The molecule has 0 bridgehead atoms. The molecule has 8 heteroatoms. The number of carbonyl (C=O) groups is 2. The summed E-state index contributed by atoms with van der Waals surface area (Å²) in [5.74, 6) is -0.795. The smallest absolute Gasteiger partial charge is 0.253 e. The van der Waals surface area contributed by atoms with Crippen molar-refractivity contribution in [2.45, 2.75) is 32.4 Å². The topological polar surface area (TPSA) is 85.2 Å². The van der Waals surface area contributed by atoms with Crippen LogP contribution in [0.1, 0.15) is 34.3 Å². The number of benzene rings is 2. The zero-order chi connectivity index (χ0) is 21.8. The summed E-state index contributed by atoms with van der Waals surface area (Å²) in [6.45, 7) is 2.65. The quantitative estimate of drug-likeness (QED) is 0.638. The van der Waals surface area contributed by atoms with Crippen LogP contribution in [0, 0.1) is 12.7 Å². The van der Waals surface area contributed by atoms with E-state index in [0.717, 1.165) is 12.0 Å². The Balaban J connectivity index is 1.40. The molecule has 1 aliphatic rings. The van der Waals surface area contributed by atoms with Crippen LogP contribution in [0.15, 0.2) is 54.9 Å². The van der Waals surface area contributed by atoms with Crippen molar-refractivity contribution >= 4 is 17.5 Å². The van der Waals surface area contributed by atoms with Crippen molar-refractivity contribution in [2.75, 3.05) is 11.9 Å². The van der Waals surface area contributed by atoms with Crippen molar-refractivity contribution in [3.63, 3.8) is 0 Å². The van der Waals surface area contributed by atoms with Crippen LogP contribution in [0.5, 0.6) is 0 Å².